The number of unbranched alkanes of at least 4 members (excludes halogenated alkanes) is 2. The number of rotatable bonds is 13. The van der Waals surface area contributed by atoms with Crippen molar-refractivity contribution in [2.24, 2.45) is 5.73 Å². The molecule has 0 bridgehead atoms. The quantitative estimate of drug-likeness (QED) is 0.334. The second-order valence-corrected chi connectivity index (χ2v) is 10.3. The third-order valence-electron chi connectivity index (χ3n) is 7.51. The molecule has 4 rings (SSSR count). The average molecular weight is 521 g/mol. The van der Waals surface area contributed by atoms with Crippen LogP contribution in [0.25, 0.3) is 0 Å². The molecule has 2 amide bonds. The summed E-state index contributed by atoms with van der Waals surface area (Å²) in [5, 5.41) is 0. The van der Waals surface area contributed by atoms with Crippen molar-refractivity contribution in [2.45, 2.75) is 63.3 Å². The van der Waals surface area contributed by atoms with Gasteiger partial charge in [0.05, 0.1) is 19.1 Å². The van der Waals surface area contributed by atoms with Crippen LogP contribution in [0.4, 0.5) is 4.39 Å². The van der Waals surface area contributed by atoms with Crippen molar-refractivity contribution in [1.82, 2.24) is 14.5 Å². The van der Waals surface area contributed by atoms with Crippen molar-refractivity contribution in [3.63, 3.8) is 0 Å². The molecule has 2 heterocycles. The Kier molecular flexibility index (Phi) is 8.81. The van der Waals surface area contributed by atoms with Crippen molar-refractivity contribution >= 4 is 11.8 Å². The largest absolute Gasteiger partial charge is 0.497 e. The summed E-state index contributed by atoms with van der Waals surface area (Å²) in [5.41, 5.74) is 7.74. The number of halogens is 1. The predicted molar refractivity (Wildman–Crippen MR) is 144 cm³/mol. The van der Waals surface area contributed by atoms with E-state index in [-0.39, 0.29) is 29.5 Å². The molecule has 1 atom stereocenters. The fourth-order valence-electron chi connectivity index (χ4n) is 5.30. The molecule has 202 valence electrons. The molecular weight excluding hydrogens is 483 g/mol. The van der Waals surface area contributed by atoms with E-state index in [1.54, 1.807) is 25.6 Å². The Labute approximate surface area is 223 Å². The predicted octanol–water partition coefficient (Wildman–Crippen LogP) is 4.59. The van der Waals surface area contributed by atoms with Crippen molar-refractivity contribution in [1.29, 1.82) is 0 Å². The summed E-state index contributed by atoms with van der Waals surface area (Å²) in [6.45, 7) is 3.28. The number of hydrogen-bond donors (Lipinski definition) is 1. The number of nitrogens with zero attached hydrogens (tertiary/aromatic N) is 3. The van der Waals surface area contributed by atoms with Gasteiger partial charge in [-0.2, -0.15) is 0 Å². The van der Waals surface area contributed by atoms with Crippen LogP contribution < -0.4 is 10.5 Å². The first-order valence-corrected chi connectivity index (χ1v) is 13.3. The van der Waals surface area contributed by atoms with E-state index >= 15 is 0 Å². The Balaban J connectivity index is 1.56. The number of nitrogens with two attached hydrogens (primary N) is 1. The summed E-state index contributed by atoms with van der Waals surface area (Å²) in [6, 6.07) is 14.0. The minimum Gasteiger partial charge on any atom is -0.497 e. The molecule has 0 aliphatic carbocycles. The van der Waals surface area contributed by atoms with E-state index in [0.29, 0.717) is 31.6 Å². The summed E-state index contributed by atoms with van der Waals surface area (Å²) in [5.74, 6) is 0.120. The number of primary amides is 1. The number of aromatic nitrogens is 2. The van der Waals surface area contributed by atoms with Gasteiger partial charge in [0.25, 0.3) is 0 Å². The minimum atomic E-state index is -0.501. The second kappa shape index (κ2) is 12.2. The molecule has 1 saturated heterocycles. The number of benzene rings is 2. The molecule has 0 saturated carbocycles. The van der Waals surface area contributed by atoms with Crippen molar-refractivity contribution in [3.05, 3.63) is 83.7 Å². The third kappa shape index (κ3) is 6.41. The first-order valence-electron chi connectivity index (χ1n) is 13.3. The highest BCUT2D eigenvalue weighted by Gasteiger charge is 2.47. The van der Waals surface area contributed by atoms with E-state index in [0.717, 1.165) is 42.6 Å². The first-order chi connectivity index (χ1) is 18.3. The van der Waals surface area contributed by atoms with E-state index in [9.17, 15) is 14.0 Å². The van der Waals surface area contributed by atoms with Crippen LogP contribution in [0.3, 0.4) is 0 Å². The van der Waals surface area contributed by atoms with Crippen molar-refractivity contribution < 1.29 is 18.7 Å². The number of hydrogen-bond acceptors (Lipinski definition) is 4. The van der Waals surface area contributed by atoms with Gasteiger partial charge in [-0.1, -0.05) is 50.5 Å². The van der Waals surface area contributed by atoms with E-state index < -0.39 is 6.04 Å². The van der Waals surface area contributed by atoms with Gasteiger partial charge in [-0.3, -0.25) is 9.59 Å². The number of likely N-dealkylation sites (tertiary alicyclic amines) is 1. The third-order valence-corrected chi connectivity index (χ3v) is 7.51. The zero-order valence-corrected chi connectivity index (χ0v) is 22.2. The molecule has 8 heteroatoms. The van der Waals surface area contributed by atoms with Crippen LogP contribution in [-0.4, -0.2) is 46.5 Å². The van der Waals surface area contributed by atoms with E-state index in [2.05, 4.69) is 11.9 Å². The Morgan fingerprint density at radius 3 is 2.58 bits per heavy atom. The molecule has 38 heavy (non-hydrogen) atoms. The lowest BCUT2D eigenvalue weighted by molar-refractivity contribution is -0.143. The molecule has 0 radical (unpaired) electrons. The molecule has 1 aliphatic heterocycles. The van der Waals surface area contributed by atoms with E-state index in [1.807, 2.05) is 46.0 Å². The number of carbonyl (C=O) groups is 2. The number of carbonyl (C=O) groups excluding carboxylic acids is 2. The van der Waals surface area contributed by atoms with Crippen LogP contribution >= 0.6 is 0 Å². The monoisotopic (exact) mass is 520 g/mol. The fourth-order valence-corrected chi connectivity index (χ4v) is 5.30. The van der Waals surface area contributed by atoms with E-state index in [1.165, 1.54) is 6.07 Å². The molecular formula is C30H37FN4O3. The molecule has 3 aromatic rings. The molecule has 1 fully saturated rings. The number of methoxy groups -OCH3 is 1. The van der Waals surface area contributed by atoms with Gasteiger partial charge >= 0.3 is 0 Å². The van der Waals surface area contributed by atoms with Crippen LogP contribution in [0.5, 0.6) is 5.75 Å². The Morgan fingerprint density at radius 2 is 1.92 bits per heavy atom. The Morgan fingerprint density at radius 1 is 1.16 bits per heavy atom. The second-order valence-electron chi connectivity index (χ2n) is 10.3. The van der Waals surface area contributed by atoms with Gasteiger partial charge in [-0.15, -0.1) is 0 Å². The summed E-state index contributed by atoms with van der Waals surface area (Å²) >= 11 is 0. The van der Waals surface area contributed by atoms with Crippen LogP contribution in [0.15, 0.2) is 61.1 Å². The lowest BCUT2D eigenvalue weighted by Gasteiger charge is -2.52. The van der Waals surface area contributed by atoms with Crippen LogP contribution in [0.2, 0.25) is 0 Å². The van der Waals surface area contributed by atoms with Gasteiger partial charge in [0, 0.05) is 37.5 Å². The first kappa shape index (κ1) is 27.4. The highest BCUT2D eigenvalue weighted by atomic mass is 19.1. The van der Waals surface area contributed by atoms with Gasteiger partial charge < -0.3 is 19.9 Å². The highest BCUT2D eigenvalue weighted by molar-refractivity contribution is 5.82. The normalized spacial score (nSPS) is 15.1. The van der Waals surface area contributed by atoms with Crippen LogP contribution in [0.1, 0.15) is 61.9 Å². The summed E-state index contributed by atoms with van der Waals surface area (Å²) in [7, 11) is 1.62. The summed E-state index contributed by atoms with van der Waals surface area (Å²) in [6.07, 6.45) is 8.75. The number of imidazole rings is 1. The maximum atomic E-state index is 14.1. The van der Waals surface area contributed by atoms with Crippen molar-refractivity contribution in [3.8, 4) is 5.75 Å². The summed E-state index contributed by atoms with van der Waals surface area (Å²) < 4.78 is 21.2. The molecule has 2 N–H and O–H groups in total. The maximum Gasteiger partial charge on any atom is 0.246 e. The van der Waals surface area contributed by atoms with Gasteiger partial charge in [0.2, 0.25) is 11.8 Å². The lowest BCUT2D eigenvalue weighted by Crippen LogP contribution is -2.62. The van der Waals surface area contributed by atoms with Crippen LogP contribution in [0, 0.1) is 5.82 Å². The Bertz CT molecular complexity index is 1230. The molecule has 0 unspecified atom stereocenters. The molecule has 1 aromatic heterocycles. The topological polar surface area (TPSA) is 90.4 Å². The zero-order chi connectivity index (χ0) is 27.1. The fraction of sp³-hybridized carbons (Fsp3) is 0.433. The number of amides is 2. The summed E-state index contributed by atoms with van der Waals surface area (Å²) in [4.78, 5) is 31.5. The SMILES string of the molecule is CCCCCC1(c2cccc(F)c2)CN(C(=O)[C@@H](Cc2ccc(OC)cc2)n2cnc(CCC(N)=O)c2)C1. The highest BCUT2D eigenvalue weighted by Crippen LogP contribution is 2.41. The van der Waals surface area contributed by atoms with Gasteiger partial charge in [-0.25, -0.2) is 9.37 Å². The number of ether oxygens (including phenoxy) is 1. The molecule has 0 spiro atoms. The zero-order valence-electron chi connectivity index (χ0n) is 22.2. The van der Waals surface area contributed by atoms with Gasteiger partial charge in [-0.05, 0) is 48.2 Å². The smallest absolute Gasteiger partial charge is 0.246 e. The van der Waals surface area contributed by atoms with E-state index in [4.69, 9.17) is 10.5 Å². The lowest BCUT2D eigenvalue weighted by atomic mass is 9.70. The molecule has 1 aliphatic rings. The number of aryl methyl sites for hydroxylation is 1. The standard InChI is InChI=1S/C30H37FN4O3/c1-3-4-5-15-30(23-7-6-8-24(31)17-23)19-35(20-30)29(37)27(16-22-9-12-26(38-2)13-10-22)34-18-25(33-21-34)11-14-28(32)36/h6-10,12-13,17-18,21,27H,3-5,11,14-16,19-20H2,1-2H3,(H2,32,36)/t27-/m1/s1. The van der Waals surface area contributed by atoms with Crippen LogP contribution in [-0.2, 0) is 27.8 Å². The minimum absolute atomic E-state index is 0.00203. The Hall–Kier alpha value is -3.68. The average Bonchev–Trinajstić information content (AvgIpc) is 3.36. The van der Waals surface area contributed by atoms with Crippen molar-refractivity contribution in [2.75, 3.05) is 20.2 Å². The molecule has 7 nitrogen and oxygen atoms in total. The molecule has 2 aromatic carbocycles. The maximum absolute atomic E-state index is 14.1. The van der Waals surface area contributed by atoms with Gasteiger partial charge in [0.15, 0.2) is 0 Å². The van der Waals surface area contributed by atoms with Gasteiger partial charge in [0.1, 0.15) is 17.6 Å².